The van der Waals surface area contributed by atoms with Crippen LogP contribution in [0.4, 0.5) is 0 Å². The molecule has 0 bridgehead atoms. The van der Waals surface area contributed by atoms with E-state index in [0.29, 0.717) is 24.0 Å². The lowest BCUT2D eigenvalue weighted by atomic mass is 10.1. The van der Waals surface area contributed by atoms with Crippen LogP contribution in [0.3, 0.4) is 0 Å². The molecule has 0 aliphatic heterocycles. The van der Waals surface area contributed by atoms with Gasteiger partial charge in [-0.2, -0.15) is 4.31 Å². The molecule has 0 saturated heterocycles. The number of hydrogen-bond donors (Lipinski definition) is 1. The van der Waals surface area contributed by atoms with Gasteiger partial charge in [-0.3, -0.25) is 4.79 Å². The Hall–Kier alpha value is -1.60. The molecule has 0 spiro atoms. The molecule has 6 nitrogen and oxygen atoms in total. The summed E-state index contributed by atoms with van der Waals surface area (Å²) >= 11 is 0. The Balaban J connectivity index is 2.51. The molecule has 0 atom stereocenters. The van der Waals surface area contributed by atoms with Gasteiger partial charge in [0.05, 0.1) is 12.8 Å². The lowest BCUT2D eigenvalue weighted by Crippen LogP contribution is -2.24. The van der Waals surface area contributed by atoms with Crippen LogP contribution in [0.1, 0.15) is 31.8 Å². The number of carbonyl (C=O) groups is 1. The minimum Gasteiger partial charge on any atom is -0.460 e. The maximum atomic E-state index is 11.6. The molecule has 0 aliphatic carbocycles. The summed E-state index contributed by atoms with van der Waals surface area (Å²) in [5.41, 5.74) is 0. The Morgan fingerprint density at radius 1 is 1.41 bits per heavy atom. The van der Waals surface area contributed by atoms with E-state index in [2.05, 4.69) is 19.2 Å². The zero-order chi connectivity index (χ0) is 16.8. The fraction of sp³-hybridized carbons (Fsp3) is 0.533. The summed E-state index contributed by atoms with van der Waals surface area (Å²) in [7, 11) is -1.76. The second kappa shape index (κ2) is 8.14. The molecule has 0 saturated carbocycles. The molecule has 1 N–H and O–H groups in total. The average molecular weight is 328 g/mol. The van der Waals surface area contributed by atoms with Crippen molar-refractivity contribution in [1.29, 1.82) is 0 Å². The summed E-state index contributed by atoms with van der Waals surface area (Å²) in [5.74, 6) is 1.40. The minimum atomic E-state index is -3.24. The van der Waals surface area contributed by atoms with E-state index in [4.69, 9.17) is 4.42 Å². The van der Waals surface area contributed by atoms with Crippen LogP contribution in [0.5, 0.6) is 0 Å². The van der Waals surface area contributed by atoms with Crippen LogP contribution < -0.4 is 5.32 Å². The van der Waals surface area contributed by atoms with Crippen LogP contribution in [-0.2, 0) is 21.4 Å². The standard InChI is InChI=1S/C15H24N2O4S/c1-12(2)9-10-16-15(18)8-7-13-5-6-14(21-13)11-17(3)22(4,19)20/h5-8,12H,9-11H2,1-4H3,(H,16,18)/b8-7+. The number of carbonyl (C=O) groups excluding carboxylic acids is 1. The molecule has 0 radical (unpaired) electrons. The normalized spacial score (nSPS) is 12.5. The molecule has 1 amide bonds. The van der Waals surface area contributed by atoms with E-state index in [0.717, 1.165) is 12.7 Å². The predicted octanol–water partition coefficient (Wildman–Crippen LogP) is 1.85. The molecule has 0 aliphatic rings. The van der Waals surface area contributed by atoms with Crippen molar-refractivity contribution >= 4 is 22.0 Å². The van der Waals surface area contributed by atoms with Gasteiger partial charge in [0, 0.05) is 19.7 Å². The molecule has 1 rings (SSSR count). The van der Waals surface area contributed by atoms with Crippen LogP contribution in [0.2, 0.25) is 0 Å². The van der Waals surface area contributed by atoms with Crippen molar-refractivity contribution in [3.8, 4) is 0 Å². The Labute approximate surface area is 132 Å². The lowest BCUT2D eigenvalue weighted by Gasteiger charge is -2.11. The van der Waals surface area contributed by atoms with E-state index in [-0.39, 0.29) is 12.5 Å². The van der Waals surface area contributed by atoms with E-state index >= 15 is 0 Å². The minimum absolute atomic E-state index is 0.160. The first kappa shape index (κ1) is 18.4. The molecule has 0 unspecified atom stereocenters. The third kappa shape index (κ3) is 6.91. The van der Waals surface area contributed by atoms with Gasteiger partial charge in [-0.25, -0.2) is 8.42 Å². The number of hydrogen-bond acceptors (Lipinski definition) is 4. The van der Waals surface area contributed by atoms with Gasteiger partial charge in [0.1, 0.15) is 11.5 Å². The smallest absolute Gasteiger partial charge is 0.244 e. The average Bonchev–Trinajstić information content (AvgIpc) is 2.82. The van der Waals surface area contributed by atoms with Gasteiger partial charge in [0.2, 0.25) is 15.9 Å². The highest BCUT2D eigenvalue weighted by molar-refractivity contribution is 7.88. The zero-order valence-corrected chi connectivity index (χ0v) is 14.3. The predicted molar refractivity (Wildman–Crippen MR) is 86.5 cm³/mol. The quantitative estimate of drug-likeness (QED) is 0.739. The van der Waals surface area contributed by atoms with E-state index in [1.807, 2.05) is 0 Å². The molecular weight excluding hydrogens is 304 g/mol. The molecule has 22 heavy (non-hydrogen) atoms. The Kier molecular flexibility index (Phi) is 6.83. The molecule has 0 fully saturated rings. The highest BCUT2D eigenvalue weighted by Gasteiger charge is 2.13. The molecule has 1 aromatic heterocycles. The van der Waals surface area contributed by atoms with Crippen molar-refractivity contribution in [3.05, 3.63) is 29.7 Å². The summed E-state index contributed by atoms with van der Waals surface area (Å²) in [6, 6.07) is 3.39. The first-order chi connectivity index (χ1) is 10.2. The summed E-state index contributed by atoms with van der Waals surface area (Å²) in [5, 5.41) is 2.79. The van der Waals surface area contributed by atoms with E-state index in [1.165, 1.54) is 17.4 Å². The maximum absolute atomic E-state index is 11.6. The molecule has 0 aromatic carbocycles. The number of rotatable bonds is 8. The van der Waals surface area contributed by atoms with Crippen LogP contribution in [0.25, 0.3) is 6.08 Å². The monoisotopic (exact) mass is 328 g/mol. The van der Waals surface area contributed by atoms with Crippen molar-refractivity contribution in [2.45, 2.75) is 26.8 Å². The van der Waals surface area contributed by atoms with Gasteiger partial charge in [0.15, 0.2) is 0 Å². The number of nitrogens with one attached hydrogen (secondary N) is 1. The van der Waals surface area contributed by atoms with E-state index in [1.54, 1.807) is 18.2 Å². The largest absolute Gasteiger partial charge is 0.460 e. The highest BCUT2D eigenvalue weighted by atomic mass is 32.2. The number of sulfonamides is 1. The van der Waals surface area contributed by atoms with Gasteiger partial charge in [-0.05, 0) is 30.5 Å². The van der Waals surface area contributed by atoms with E-state index < -0.39 is 10.0 Å². The second-order valence-electron chi connectivity index (χ2n) is 5.63. The summed E-state index contributed by atoms with van der Waals surface area (Å²) < 4.78 is 29.3. The van der Waals surface area contributed by atoms with Gasteiger partial charge >= 0.3 is 0 Å². The van der Waals surface area contributed by atoms with Crippen LogP contribution in [0, 0.1) is 5.92 Å². The van der Waals surface area contributed by atoms with Crippen molar-refractivity contribution in [3.63, 3.8) is 0 Å². The van der Waals surface area contributed by atoms with Crippen molar-refractivity contribution in [1.82, 2.24) is 9.62 Å². The summed E-state index contributed by atoms with van der Waals surface area (Å²) in [6.45, 7) is 5.00. The third-order valence-electron chi connectivity index (χ3n) is 3.05. The first-order valence-electron chi connectivity index (χ1n) is 7.14. The maximum Gasteiger partial charge on any atom is 0.244 e. The summed E-state index contributed by atoms with van der Waals surface area (Å²) in [4.78, 5) is 11.6. The van der Waals surface area contributed by atoms with Crippen molar-refractivity contribution in [2.24, 2.45) is 5.92 Å². The van der Waals surface area contributed by atoms with E-state index in [9.17, 15) is 13.2 Å². The molecular formula is C15H24N2O4S. The molecule has 1 aromatic rings. The Bertz CT molecular complexity index is 617. The zero-order valence-electron chi connectivity index (χ0n) is 13.5. The Morgan fingerprint density at radius 3 is 2.68 bits per heavy atom. The van der Waals surface area contributed by atoms with Gasteiger partial charge in [-0.1, -0.05) is 13.8 Å². The van der Waals surface area contributed by atoms with Crippen LogP contribution >= 0.6 is 0 Å². The van der Waals surface area contributed by atoms with Crippen LogP contribution in [0.15, 0.2) is 22.6 Å². The fourth-order valence-corrected chi connectivity index (χ4v) is 1.97. The number of nitrogens with zero attached hydrogens (tertiary/aromatic N) is 1. The first-order valence-corrected chi connectivity index (χ1v) is 8.99. The second-order valence-corrected chi connectivity index (χ2v) is 7.72. The molecule has 1 heterocycles. The Morgan fingerprint density at radius 2 is 2.09 bits per heavy atom. The molecule has 124 valence electrons. The number of furan rings is 1. The highest BCUT2D eigenvalue weighted by Crippen LogP contribution is 2.12. The third-order valence-corrected chi connectivity index (χ3v) is 4.31. The van der Waals surface area contributed by atoms with Crippen molar-refractivity contribution in [2.75, 3.05) is 19.8 Å². The van der Waals surface area contributed by atoms with Gasteiger partial charge in [0.25, 0.3) is 0 Å². The molecule has 7 heteroatoms. The van der Waals surface area contributed by atoms with Gasteiger partial charge < -0.3 is 9.73 Å². The fourth-order valence-electron chi connectivity index (χ4n) is 1.61. The lowest BCUT2D eigenvalue weighted by molar-refractivity contribution is -0.116. The SMILES string of the molecule is CC(C)CCNC(=O)/C=C/c1ccc(CN(C)S(C)(=O)=O)o1. The topological polar surface area (TPSA) is 79.6 Å². The van der Waals surface area contributed by atoms with Crippen molar-refractivity contribution < 1.29 is 17.6 Å². The summed E-state index contributed by atoms with van der Waals surface area (Å²) in [6.07, 6.45) is 5.04. The number of amides is 1. The van der Waals surface area contributed by atoms with Gasteiger partial charge in [-0.15, -0.1) is 0 Å². The van der Waals surface area contributed by atoms with Crippen LogP contribution in [-0.4, -0.2) is 38.5 Å².